The van der Waals surface area contributed by atoms with Gasteiger partial charge in [-0.25, -0.2) is 9.18 Å². The molecule has 0 radical (unpaired) electrons. The van der Waals surface area contributed by atoms with Crippen molar-refractivity contribution in [3.63, 3.8) is 0 Å². The maximum Gasteiger partial charge on any atom is 0.341 e. The molecule has 2 aromatic rings. The second kappa shape index (κ2) is 10.5. The molecular formula is C24H30Cl2FN3O3. The number of rotatable bonds is 7. The highest BCUT2D eigenvalue weighted by Gasteiger charge is 2.32. The molecule has 1 aromatic heterocycles. The smallest absolute Gasteiger partial charge is 0.341 e. The molecule has 1 aliphatic heterocycles. The lowest BCUT2D eigenvalue weighted by Gasteiger charge is -2.36. The molecule has 33 heavy (non-hydrogen) atoms. The van der Waals surface area contributed by atoms with E-state index in [-0.39, 0.29) is 29.4 Å². The molecule has 1 aliphatic carbocycles. The van der Waals surface area contributed by atoms with E-state index in [4.69, 9.17) is 11.6 Å². The minimum atomic E-state index is -1.30. The number of fused-ring (bicyclic) bond motifs is 1. The molecule has 0 unspecified atom stereocenters. The number of benzene rings is 1. The van der Waals surface area contributed by atoms with Crippen LogP contribution in [0.2, 0.25) is 0 Å². The predicted octanol–water partition coefficient (Wildman–Crippen LogP) is 5.12. The van der Waals surface area contributed by atoms with E-state index in [0.717, 1.165) is 45.2 Å². The van der Waals surface area contributed by atoms with Crippen molar-refractivity contribution < 1.29 is 14.3 Å². The Balaban J connectivity index is 0.00000306. The number of carboxylic acids is 1. The van der Waals surface area contributed by atoms with Crippen LogP contribution in [0.4, 0.5) is 10.1 Å². The standard InChI is InChI=1S/C24H29ClFN3O3.ClH/c1-3-4-5-6-18(25)20-21-16(13-19(26)22(20)28-11-9-27(2)10-12-28)23(30)17(24(31)32)14-29(21)15-7-8-15;/h6,13-15H,3-5,7-12H2,1-2H3,(H,31,32);1H/b18-6-;. The summed E-state index contributed by atoms with van der Waals surface area (Å²) in [5.74, 6) is -1.85. The lowest BCUT2D eigenvalue weighted by atomic mass is 10.0. The van der Waals surface area contributed by atoms with Crippen molar-refractivity contribution in [3.8, 4) is 0 Å². The van der Waals surface area contributed by atoms with E-state index in [0.29, 0.717) is 34.9 Å². The van der Waals surface area contributed by atoms with Gasteiger partial charge < -0.3 is 19.5 Å². The molecule has 2 fully saturated rings. The Morgan fingerprint density at radius 3 is 2.52 bits per heavy atom. The van der Waals surface area contributed by atoms with Gasteiger partial charge in [0, 0.05) is 49.0 Å². The molecule has 0 spiro atoms. The number of aromatic nitrogens is 1. The molecule has 2 heterocycles. The first kappa shape index (κ1) is 25.5. The van der Waals surface area contributed by atoms with Crippen LogP contribution in [0.25, 0.3) is 15.9 Å². The maximum atomic E-state index is 15.6. The van der Waals surface area contributed by atoms with Gasteiger partial charge in [0.25, 0.3) is 0 Å². The number of piperazine rings is 1. The van der Waals surface area contributed by atoms with E-state index in [2.05, 4.69) is 11.8 Å². The average Bonchev–Trinajstić information content (AvgIpc) is 3.59. The zero-order valence-electron chi connectivity index (χ0n) is 18.9. The van der Waals surface area contributed by atoms with Crippen LogP contribution in [-0.4, -0.2) is 53.8 Å². The number of hydrogen-bond acceptors (Lipinski definition) is 4. The molecule has 4 rings (SSSR count). The minimum Gasteiger partial charge on any atom is -0.477 e. The van der Waals surface area contributed by atoms with Gasteiger partial charge in [0.15, 0.2) is 0 Å². The van der Waals surface area contributed by atoms with Gasteiger partial charge in [0.05, 0.1) is 16.6 Å². The second-order valence-corrected chi connectivity index (χ2v) is 9.19. The van der Waals surface area contributed by atoms with E-state index in [9.17, 15) is 14.7 Å². The number of halogens is 3. The molecule has 1 aromatic carbocycles. The van der Waals surface area contributed by atoms with Crippen LogP contribution in [0.3, 0.4) is 0 Å². The van der Waals surface area contributed by atoms with Crippen LogP contribution < -0.4 is 10.3 Å². The summed E-state index contributed by atoms with van der Waals surface area (Å²) in [4.78, 5) is 28.9. The SMILES string of the molecule is CCCC/C=C(\Cl)c1c(N2CCN(C)CC2)c(F)cc2c(=O)c(C(=O)O)cn(C3CC3)c12.Cl. The number of pyridine rings is 1. The summed E-state index contributed by atoms with van der Waals surface area (Å²) in [6, 6.07) is 1.29. The van der Waals surface area contributed by atoms with E-state index < -0.39 is 17.2 Å². The summed E-state index contributed by atoms with van der Waals surface area (Å²) < 4.78 is 17.5. The first-order valence-corrected chi connectivity index (χ1v) is 11.7. The molecule has 1 saturated carbocycles. The van der Waals surface area contributed by atoms with E-state index in [1.807, 2.05) is 22.6 Å². The Morgan fingerprint density at radius 2 is 1.94 bits per heavy atom. The van der Waals surface area contributed by atoms with Crippen molar-refractivity contribution in [2.75, 3.05) is 38.1 Å². The third-order valence-corrected chi connectivity index (χ3v) is 6.70. The monoisotopic (exact) mass is 497 g/mol. The molecule has 6 nitrogen and oxygen atoms in total. The van der Waals surface area contributed by atoms with Crippen LogP contribution in [0.1, 0.15) is 61.0 Å². The minimum absolute atomic E-state index is 0. The topological polar surface area (TPSA) is 65.8 Å². The number of aromatic carboxylic acids is 1. The third kappa shape index (κ3) is 5.05. The van der Waals surface area contributed by atoms with Gasteiger partial charge in [-0.3, -0.25) is 4.79 Å². The van der Waals surface area contributed by atoms with E-state index >= 15 is 4.39 Å². The van der Waals surface area contributed by atoms with Crippen LogP contribution >= 0.6 is 24.0 Å². The number of unbranched alkanes of at least 4 members (excludes halogenated alkanes) is 2. The van der Waals surface area contributed by atoms with Gasteiger partial charge in [-0.05, 0) is 32.4 Å². The average molecular weight is 498 g/mol. The Morgan fingerprint density at radius 1 is 1.27 bits per heavy atom. The number of allylic oxidation sites excluding steroid dienone is 1. The Hall–Kier alpha value is -2.09. The maximum absolute atomic E-state index is 15.6. The molecule has 1 saturated heterocycles. The summed E-state index contributed by atoms with van der Waals surface area (Å²) in [6.45, 7) is 4.97. The predicted molar refractivity (Wildman–Crippen MR) is 134 cm³/mol. The van der Waals surface area contributed by atoms with Gasteiger partial charge in [0.2, 0.25) is 5.43 Å². The van der Waals surface area contributed by atoms with Crippen molar-refractivity contribution in [2.45, 2.75) is 45.1 Å². The molecule has 0 bridgehead atoms. The largest absolute Gasteiger partial charge is 0.477 e. The lowest BCUT2D eigenvalue weighted by Crippen LogP contribution is -2.45. The zero-order valence-corrected chi connectivity index (χ0v) is 20.5. The van der Waals surface area contributed by atoms with E-state index in [1.54, 1.807) is 0 Å². The number of hydrogen-bond donors (Lipinski definition) is 1. The third-order valence-electron chi connectivity index (χ3n) is 6.35. The first-order chi connectivity index (χ1) is 15.3. The van der Waals surface area contributed by atoms with Gasteiger partial charge in [-0.15, -0.1) is 12.4 Å². The Bertz CT molecular complexity index is 1140. The fraction of sp³-hybridized carbons (Fsp3) is 0.500. The summed E-state index contributed by atoms with van der Waals surface area (Å²) in [5, 5.41) is 10.1. The van der Waals surface area contributed by atoms with Crippen LogP contribution in [0, 0.1) is 5.82 Å². The fourth-order valence-corrected chi connectivity index (χ4v) is 4.66. The zero-order chi connectivity index (χ0) is 23.0. The highest BCUT2D eigenvalue weighted by molar-refractivity contribution is 6.50. The summed E-state index contributed by atoms with van der Waals surface area (Å²) >= 11 is 6.82. The quantitative estimate of drug-likeness (QED) is 0.537. The van der Waals surface area contributed by atoms with Gasteiger partial charge in [-0.1, -0.05) is 37.4 Å². The highest BCUT2D eigenvalue weighted by Crippen LogP contribution is 2.43. The Labute approximate surface area is 204 Å². The summed E-state index contributed by atoms with van der Waals surface area (Å²) in [7, 11) is 2.03. The molecule has 0 amide bonds. The van der Waals surface area contributed by atoms with Crippen molar-refractivity contribution >= 4 is 51.6 Å². The van der Waals surface area contributed by atoms with Gasteiger partial charge in [-0.2, -0.15) is 0 Å². The van der Waals surface area contributed by atoms with Crippen molar-refractivity contribution in [2.24, 2.45) is 0 Å². The van der Waals surface area contributed by atoms with Gasteiger partial charge in [0.1, 0.15) is 11.4 Å². The number of anilines is 1. The summed E-state index contributed by atoms with van der Waals surface area (Å²) in [5.41, 5.74) is 0.430. The fourth-order valence-electron chi connectivity index (χ4n) is 4.37. The van der Waals surface area contributed by atoms with E-state index in [1.165, 1.54) is 12.3 Å². The number of likely N-dealkylation sites (N-methyl/N-ethyl adjacent to an activating group) is 1. The normalized spacial score (nSPS) is 17.3. The first-order valence-electron chi connectivity index (χ1n) is 11.3. The van der Waals surface area contributed by atoms with Gasteiger partial charge >= 0.3 is 5.97 Å². The molecule has 1 N–H and O–H groups in total. The van der Waals surface area contributed by atoms with Crippen LogP contribution in [0.5, 0.6) is 0 Å². The van der Waals surface area contributed by atoms with Crippen molar-refractivity contribution in [1.29, 1.82) is 0 Å². The lowest BCUT2D eigenvalue weighted by molar-refractivity contribution is 0.0695. The highest BCUT2D eigenvalue weighted by atomic mass is 35.5. The summed E-state index contributed by atoms with van der Waals surface area (Å²) in [6.07, 6.45) is 7.78. The molecule has 0 atom stereocenters. The molecular weight excluding hydrogens is 468 g/mol. The number of nitrogens with zero attached hydrogens (tertiary/aromatic N) is 3. The number of carboxylic acid groups (broad SMARTS) is 1. The van der Waals surface area contributed by atoms with Crippen molar-refractivity contribution in [1.82, 2.24) is 9.47 Å². The van der Waals surface area contributed by atoms with Crippen LogP contribution in [-0.2, 0) is 0 Å². The molecule has 180 valence electrons. The van der Waals surface area contributed by atoms with Crippen molar-refractivity contribution in [3.05, 3.63) is 45.5 Å². The Kier molecular flexibility index (Phi) is 8.08. The molecule has 9 heteroatoms. The second-order valence-electron chi connectivity index (χ2n) is 8.78. The number of carbonyl (C=O) groups is 1. The molecule has 2 aliphatic rings. The van der Waals surface area contributed by atoms with Crippen LogP contribution in [0.15, 0.2) is 23.1 Å².